The lowest BCUT2D eigenvalue weighted by molar-refractivity contribution is -0.116. The van der Waals surface area contributed by atoms with E-state index >= 15 is 0 Å². The van der Waals surface area contributed by atoms with E-state index in [2.05, 4.69) is 47.1 Å². The molecule has 0 radical (unpaired) electrons. The second-order valence-corrected chi connectivity index (χ2v) is 7.79. The highest BCUT2D eigenvalue weighted by molar-refractivity contribution is 5.87. The van der Waals surface area contributed by atoms with Gasteiger partial charge in [-0.25, -0.2) is 4.98 Å². The van der Waals surface area contributed by atoms with Crippen LogP contribution in [0.3, 0.4) is 0 Å². The van der Waals surface area contributed by atoms with Gasteiger partial charge in [0.15, 0.2) is 0 Å². The third-order valence-corrected chi connectivity index (χ3v) is 5.24. The van der Waals surface area contributed by atoms with Crippen LogP contribution in [0.25, 0.3) is 11.0 Å². The van der Waals surface area contributed by atoms with Gasteiger partial charge in [-0.15, -0.1) is 0 Å². The number of ether oxygens (including phenoxy) is 1. The Kier molecular flexibility index (Phi) is 8.71. The van der Waals surface area contributed by atoms with Gasteiger partial charge in [-0.2, -0.15) is 0 Å². The first-order valence-electron chi connectivity index (χ1n) is 11.2. The van der Waals surface area contributed by atoms with Crippen molar-refractivity contribution in [3.05, 3.63) is 72.1 Å². The molecule has 1 heterocycles. The molecule has 0 bridgehead atoms. The van der Waals surface area contributed by atoms with Crippen molar-refractivity contribution in [1.29, 1.82) is 0 Å². The number of amides is 1. The fraction of sp³-hybridized carbons (Fsp3) is 0.385. The molecular weight excluding hydrogens is 386 g/mol. The number of rotatable bonds is 12. The molecule has 0 saturated carbocycles. The Morgan fingerprint density at radius 1 is 1.06 bits per heavy atom. The van der Waals surface area contributed by atoms with Crippen LogP contribution in [-0.2, 0) is 17.8 Å². The van der Waals surface area contributed by atoms with Crippen LogP contribution in [0.5, 0.6) is 5.75 Å². The minimum absolute atomic E-state index is 0.0165. The molecule has 0 spiro atoms. The molecule has 1 amide bonds. The Bertz CT molecular complexity index is 990. The van der Waals surface area contributed by atoms with Crippen molar-refractivity contribution in [3.63, 3.8) is 0 Å². The van der Waals surface area contributed by atoms with Gasteiger partial charge in [-0.1, -0.05) is 42.3 Å². The monoisotopic (exact) mass is 419 g/mol. The van der Waals surface area contributed by atoms with E-state index in [4.69, 9.17) is 9.72 Å². The minimum Gasteiger partial charge on any atom is -0.494 e. The van der Waals surface area contributed by atoms with Gasteiger partial charge in [0, 0.05) is 19.5 Å². The molecule has 0 atom stereocenters. The molecule has 31 heavy (non-hydrogen) atoms. The van der Waals surface area contributed by atoms with Gasteiger partial charge in [0.2, 0.25) is 5.91 Å². The largest absolute Gasteiger partial charge is 0.494 e. The molecule has 5 heteroatoms. The van der Waals surface area contributed by atoms with Gasteiger partial charge in [-0.3, -0.25) is 4.79 Å². The highest BCUT2D eigenvalue weighted by Crippen LogP contribution is 2.19. The van der Waals surface area contributed by atoms with E-state index in [1.165, 1.54) is 11.1 Å². The third kappa shape index (κ3) is 6.99. The predicted molar refractivity (Wildman–Crippen MR) is 126 cm³/mol. The number of carbonyl (C=O) groups is 1. The van der Waals surface area contributed by atoms with Crippen molar-refractivity contribution in [1.82, 2.24) is 14.9 Å². The molecule has 2 aromatic carbocycles. The fourth-order valence-corrected chi connectivity index (χ4v) is 3.62. The zero-order chi connectivity index (χ0) is 21.9. The third-order valence-electron chi connectivity index (χ3n) is 5.24. The Morgan fingerprint density at radius 3 is 2.68 bits per heavy atom. The number of para-hydroxylation sites is 2. The molecule has 1 aromatic heterocycles. The van der Waals surface area contributed by atoms with Crippen molar-refractivity contribution in [2.75, 3.05) is 13.2 Å². The number of allylic oxidation sites excluding steroid dienone is 1. The van der Waals surface area contributed by atoms with Crippen molar-refractivity contribution >= 4 is 16.9 Å². The summed E-state index contributed by atoms with van der Waals surface area (Å²) < 4.78 is 8.24. The summed E-state index contributed by atoms with van der Waals surface area (Å²) in [7, 11) is 0. The number of hydrogen-bond acceptors (Lipinski definition) is 3. The van der Waals surface area contributed by atoms with Crippen molar-refractivity contribution in [2.24, 2.45) is 0 Å². The van der Waals surface area contributed by atoms with Crippen molar-refractivity contribution in [3.8, 4) is 5.75 Å². The number of imidazole rings is 1. The smallest absolute Gasteiger partial charge is 0.243 e. The van der Waals surface area contributed by atoms with E-state index in [1.807, 2.05) is 25.1 Å². The molecule has 0 aliphatic heterocycles. The van der Waals surface area contributed by atoms with Gasteiger partial charge >= 0.3 is 0 Å². The fourth-order valence-electron chi connectivity index (χ4n) is 3.62. The number of hydrogen-bond donors (Lipinski definition) is 1. The summed E-state index contributed by atoms with van der Waals surface area (Å²) in [6.07, 6.45) is 8.29. The van der Waals surface area contributed by atoms with Gasteiger partial charge in [0.05, 0.1) is 17.6 Å². The maximum absolute atomic E-state index is 11.5. The normalized spacial score (nSPS) is 11.3. The molecule has 1 N–H and O–H groups in total. The van der Waals surface area contributed by atoms with Crippen LogP contribution in [0.4, 0.5) is 0 Å². The van der Waals surface area contributed by atoms with E-state index in [0.717, 1.165) is 62.3 Å². The molecule has 164 valence electrons. The van der Waals surface area contributed by atoms with Crippen LogP contribution in [0.2, 0.25) is 0 Å². The Labute approximate surface area is 185 Å². The SMILES string of the molecule is C/C=C/C(=O)NCCCCCc1nc2ccccc2n1CCCOc1ccc(C)cc1. The lowest BCUT2D eigenvalue weighted by Crippen LogP contribution is -2.21. The van der Waals surface area contributed by atoms with Crippen LogP contribution in [-0.4, -0.2) is 28.6 Å². The molecule has 0 fully saturated rings. The minimum atomic E-state index is -0.0165. The lowest BCUT2D eigenvalue weighted by atomic mass is 10.2. The molecule has 0 aliphatic rings. The Hall–Kier alpha value is -3.08. The van der Waals surface area contributed by atoms with E-state index in [0.29, 0.717) is 6.61 Å². The number of aryl methyl sites for hydroxylation is 3. The molecule has 3 aromatic rings. The van der Waals surface area contributed by atoms with Crippen LogP contribution in [0.1, 0.15) is 44.0 Å². The summed E-state index contributed by atoms with van der Waals surface area (Å²) in [6, 6.07) is 16.5. The quantitative estimate of drug-likeness (QED) is 0.323. The van der Waals surface area contributed by atoms with E-state index in [-0.39, 0.29) is 5.91 Å². The second-order valence-electron chi connectivity index (χ2n) is 7.79. The summed E-state index contributed by atoms with van der Waals surface area (Å²) in [5.41, 5.74) is 3.48. The number of carbonyl (C=O) groups excluding carboxylic acids is 1. The summed E-state index contributed by atoms with van der Waals surface area (Å²) in [5, 5.41) is 2.91. The first kappa shape index (κ1) is 22.6. The van der Waals surface area contributed by atoms with Crippen LogP contribution in [0.15, 0.2) is 60.7 Å². The average Bonchev–Trinajstić information content (AvgIpc) is 3.12. The number of nitrogens with one attached hydrogen (secondary N) is 1. The number of nitrogens with zero attached hydrogens (tertiary/aromatic N) is 2. The highest BCUT2D eigenvalue weighted by Gasteiger charge is 2.10. The topological polar surface area (TPSA) is 56.2 Å². The summed E-state index contributed by atoms with van der Waals surface area (Å²) in [4.78, 5) is 16.3. The maximum atomic E-state index is 11.5. The summed E-state index contributed by atoms with van der Waals surface area (Å²) >= 11 is 0. The highest BCUT2D eigenvalue weighted by atomic mass is 16.5. The van der Waals surface area contributed by atoms with Gasteiger partial charge in [-0.05, 0) is 63.5 Å². The number of unbranched alkanes of at least 4 members (excludes halogenated alkanes) is 2. The maximum Gasteiger partial charge on any atom is 0.243 e. The second kappa shape index (κ2) is 11.9. The Morgan fingerprint density at radius 2 is 1.87 bits per heavy atom. The number of benzene rings is 2. The molecule has 0 saturated heterocycles. The van der Waals surface area contributed by atoms with Crippen molar-refractivity contribution < 1.29 is 9.53 Å². The zero-order valence-electron chi connectivity index (χ0n) is 18.6. The van der Waals surface area contributed by atoms with Crippen LogP contribution < -0.4 is 10.1 Å². The van der Waals surface area contributed by atoms with Crippen molar-refractivity contribution in [2.45, 2.75) is 52.5 Å². The number of fused-ring (bicyclic) bond motifs is 1. The first-order chi connectivity index (χ1) is 15.2. The number of aromatic nitrogens is 2. The zero-order valence-corrected chi connectivity index (χ0v) is 18.6. The van der Waals surface area contributed by atoms with Gasteiger partial charge in [0.25, 0.3) is 0 Å². The molecule has 0 unspecified atom stereocenters. The van der Waals surface area contributed by atoms with Gasteiger partial charge < -0.3 is 14.6 Å². The van der Waals surface area contributed by atoms with E-state index in [9.17, 15) is 4.79 Å². The molecule has 3 rings (SSSR count). The predicted octanol–water partition coefficient (Wildman–Crippen LogP) is 5.22. The van der Waals surface area contributed by atoms with E-state index < -0.39 is 0 Å². The first-order valence-corrected chi connectivity index (χ1v) is 11.2. The van der Waals surface area contributed by atoms with Crippen LogP contribution in [0, 0.1) is 6.92 Å². The summed E-state index contributed by atoms with van der Waals surface area (Å²) in [6.45, 7) is 6.22. The van der Waals surface area contributed by atoms with Crippen LogP contribution >= 0.6 is 0 Å². The average molecular weight is 420 g/mol. The summed E-state index contributed by atoms with van der Waals surface area (Å²) in [5.74, 6) is 2.04. The molecular formula is C26H33N3O2. The van der Waals surface area contributed by atoms with Gasteiger partial charge in [0.1, 0.15) is 11.6 Å². The molecule has 5 nitrogen and oxygen atoms in total. The Balaban J connectivity index is 1.49. The molecule has 0 aliphatic carbocycles. The standard InChI is InChI=1S/C26H33N3O2/c1-3-10-26(30)27-18-8-4-5-13-25-28-23-11-6-7-12-24(23)29(25)19-9-20-31-22-16-14-21(2)15-17-22/h3,6-7,10-12,14-17H,4-5,8-9,13,18-20H2,1-2H3,(H,27,30)/b10-3+. The lowest BCUT2D eigenvalue weighted by Gasteiger charge is -2.11. The van der Waals surface area contributed by atoms with E-state index in [1.54, 1.807) is 12.2 Å².